The van der Waals surface area contributed by atoms with E-state index >= 15 is 0 Å². The summed E-state index contributed by atoms with van der Waals surface area (Å²) in [6, 6.07) is 7.04. The highest BCUT2D eigenvalue weighted by atomic mass is 35.5. The Morgan fingerprint density at radius 2 is 2.20 bits per heavy atom. The highest BCUT2D eigenvalue weighted by molar-refractivity contribution is 7.16. The van der Waals surface area contributed by atoms with E-state index in [2.05, 4.69) is 10.2 Å². The van der Waals surface area contributed by atoms with Crippen LogP contribution >= 0.6 is 22.9 Å². The van der Waals surface area contributed by atoms with E-state index in [4.69, 9.17) is 16.7 Å². The molecule has 1 aromatic heterocycles. The van der Waals surface area contributed by atoms with Crippen molar-refractivity contribution in [1.82, 2.24) is 10.2 Å². The van der Waals surface area contributed by atoms with Crippen molar-refractivity contribution in [2.45, 2.75) is 0 Å². The second-order valence-electron chi connectivity index (χ2n) is 2.73. The van der Waals surface area contributed by atoms with Gasteiger partial charge < -0.3 is 5.11 Å². The molecule has 0 saturated carbocycles. The van der Waals surface area contributed by atoms with Crippen LogP contribution in [0.25, 0.3) is 10.6 Å². The summed E-state index contributed by atoms with van der Waals surface area (Å²) in [5.41, 5.74) is 0.771. The van der Waals surface area contributed by atoms with Gasteiger partial charge in [0.2, 0.25) is 5.01 Å². The van der Waals surface area contributed by atoms with Crippen molar-refractivity contribution in [1.29, 1.82) is 0 Å². The zero-order valence-electron chi connectivity index (χ0n) is 7.35. The van der Waals surface area contributed by atoms with Crippen molar-refractivity contribution in [3.05, 3.63) is 34.3 Å². The monoisotopic (exact) mass is 240 g/mol. The summed E-state index contributed by atoms with van der Waals surface area (Å²) in [6.07, 6.45) is 0. The average molecular weight is 241 g/mol. The number of carboxylic acid groups (broad SMARTS) is 1. The molecular formula is C9H5ClN2O2S. The molecule has 0 spiro atoms. The number of aromatic carboxylic acids is 1. The normalized spacial score (nSPS) is 10.2. The molecule has 76 valence electrons. The van der Waals surface area contributed by atoms with Gasteiger partial charge in [0, 0.05) is 10.6 Å². The Kier molecular flexibility index (Phi) is 2.66. The fourth-order valence-corrected chi connectivity index (χ4v) is 1.92. The lowest BCUT2D eigenvalue weighted by molar-refractivity contribution is 0.0695. The third kappa shape index (κ3) is 2.14. The molecule has 2 aromatic rings. The van der Waals surface area contributed by atoms with Crippen LogP contribution in [0.4, 0.5) is 0 Å². The number of carbonyl (C=O) groups is 1. The first-order valence-corrected chi connectivity index (χ1v) is 5.19. The van der Waals surface area contributed by atoms with Crippen LogP contribution in [0.1, 0.15) is 9.80 Å². The van der Waals surface area contributed by atoms with E-state index in [0.29, 0.717) is 10.0 Å². The van der Waals surface area contributed by atoms with E-state index < -0.39 is 5.97 Å². The Labute approximate surface area is 94.2 Å². The van der Waals surface area contributed by atoms with Gasteiger partial charge in [0.05, 0.1) is 0 Å². The number of hydrogen-bond donors (Lipinski definition) is 1. The predicted molar refractivity (Wildman–Crippen MR) is 57.3 cm³/mol. The van der Waals surface area contributed by atoms with Gasteiger partial charge in [0.1, 0.15) is 5.01 Å². The maximum absolute atomic E-state index is 10.6. The molecule has 0 saturated heterocycles. The van der Waals surface area contributed by atoms with Crippen LogP contribution in [0.5, 0.6) is 0 Å². The molecule has 2 rings (SSSR count). The van der Waals surface area contributed by atoms with Gasteiger partial charge >= 0.3 is 5.97 Å². The molecule has 0 amide bonds. The van der Waals surface area contributed by atoms with E-state index in [0.717, 1.165) is 16.9 Å². The SMILES string of the molecule is O=C(O)c1nnc(-c2cccc(Cl)c2)s1. The molecular weight excluding hydrogens is 236 g/mol. The van der Waals surface area contributed by atoms with Crippen LogP contribution in [-0.4, -0.2) is 21.3 Å². The fourth-order valence-electron chi connectivity index (χ4n) is 1.05. The van der Waals surface area contributed by atoms with E-state index in [9.17, 15) is 4.79 Å². The minimum Gasteiger partial charge on any atom is -0.476 e. The lowest BCUT2D eigenvalue weighted by atomic mass is 10.2. The molecule has 1 N–H and O–H groups in total. The lowest BCUT2D eigenvalue weighted by Gasteiger charge is -1.94. The van der Waals surface area contributed by atoms with Crippen molar-refractivity contribution >= 4 is 28.9 Å². The van der Waals surface area contributed by atoms with Gasteiger partial charge in [-0.25, -0.2) is 4.79 Å². The molecule has 0 aliphatic rings. The highest BCUT2D eigenvalue weighted by Gasteiger charge is 2.11. The Hall–Kier alpha value is -1.46. The van der Waals surface area contributed by atoms with Gasteiger partial charge in [-0.2, -0.15) is 0 Å². The third-order valence-electron chi connectivity index (χ3n) is 1.68. The highest BCUT2D eigenvalue weighted by Crippen LogP contribution is 2.25. The predicted octanol–water partition coefficient (Wildman–Crippen LogP) is 2.56. The van der Waals surface area contributed by atoms with E-state index in [1.807, 2.05) is 0 Å². The summed E-state index contributed by atoms with van der Waals surface area (Å²) in [7, 11) is 0. The fraction of sp³-hybridized carbons (Fsp3) is 0. The number of aromatic nitrogens is 2. The van der Waals surface area contributed by atoms with Crippen LogP contribution in [-0.2, 0) is 0 Å². The van der Waals surface area contributed by atoms with Crippen molar-refractivity contribution in [3.63, 3.8) is 0 Å². The van der Waals surface area contributed by atoms with Crippen LogP contribution in [0.2, 0.25) is 5.02 Å². The van der Waals surface area contributed by atoms with Gasteiger partial charge in [-0.3, -0.25) is 0 Å². The number of rotatable bonds is 2. The first kappa shape index (κ1) is 10.1. The lowest BCUT2D eigenvalue weighted by Crippen LogP contribution is -1.93. The zero-order chi connectivity index (χ0) is 10.8. The molecule has 6 heteroatoms. The molecule has 0 unspecified atom stereocenters. The Bertz CT molecular complexity index is 512. The van der Waals surface area contributed by atoms with Gasteiger partial charge in [0.25, 0.3) is 0 Å². The molecule has 4 nitrogen and oxygen atoms in total. The summed E-state index contributed by atoms with van der Waals surface area (Å²) in [4.78, 5) is 10.6. The van der Waals surface area contributed by atoms with Crippen LogP contribution in [0.3, 0.4) is 0 Å². The van der Waals surface area contributed by atoms with Crippen molar-refractivity contribution in [2.75, 3.05) is 0 Å². The maximum atomic E-state index is 10.6. The number of hydrogen-bond acceptors (Lipinski definition) is 4. The number of benzene rings is 1. The summed E-state index contributed by atoms with van der Waals surface area (Å²) < 4.78 is 0. The van der Waals surface area contributed by atoms with E-state index in [1.165, 1.54) is 0 Å². The summed E-state index contributed by atoms with van der Waals surface area (Å²) in [6.45, 7) is 0. The molecule has 0 radical (unpaired) electrons. The minimum absolute atomic E-state index is 0.0232. The Morgan fingerprint density at radius 3 is 2.80 bits per heavy atom. The molecule has 0 aliphatic heterocycles. The van der Waals surface area contributed by atoms with Crippen molar-refractivity contribution in [2.24, 2.45) is 0 Å². The first-order valence-electron chi connectivity index (χ1n) is 3.99. The van der Waals surface area contributed by atoms with Crippen LogP contribution < -0.4 is 0 Å². The molecule has 0 atom stereocenters. The average Bonchev–Trinajstić information content (AvgIpc) is 2.66. The van der Waals surface area contributed by atoms with Crippen LogP contribution in [0, 0.1) is 0 Å². The summed E-state index contributed by atoms with van der Waals surface area (Å²) >= 11 is 6.83. The molecule has 1 aromatic carbocycles. The zero-order valence-corrected chi connectivity index (χ0v) is 8.92. The second kappa shape index (κ2) is 3.96. The van der Waals surface area contributed by atoms with Crippen molar-refractivity contribution in [3.8, 4) is 10.6 Å². The number of carboxylic acids is 1. The maximum Gasteiger partial charge on any atom is 0.367 e. The summed E-state index contributed by atoms with van der Waals surface area (Å²) in [5.74, 6) is -1.07. The van der Waals surface area contributed by atoms with E-state index in [1.54, 1.807) is 24.3 Å². The number of halogens is 1. The topological polar surface area (TPSA) is 63.1 Å². The van der Waals surface area contributed by atoms with E-state index in [-0.39, 0.29) is 5.01 Å². The Morgan fingerprint density at radius 1 is 1.40 bits per heavy atom. The van der Waals surface area contributed by atoms with Gasteiger partial charge in [-0.05, 0) is 12.1 Å². The molecule has 0 bridgehead atoms. The smallest absolute Gasteiger partial charge is 0.367 e. The molecule has 0 fully saturated rings. The second-order valence-corrected chi connectivity index (χ2v) is 4.14. The van der Waals surface area contributed by atoms with Crippen LogP contribution in [0.15, 0.2) is 24.3 Å². The minimum atomic E-state index is -1.07. The van der Waals surface area contributed by atoms with Gasteiger partial charge in [-0.15, -0.1) is 10.2 Å². The van der Waals surface area contributed by atoms with Crippen molar-refractivity contribution < 1.29 is 9.90 Å². The quantitative estimate of drug-likeness (QED) is 0.876. The molecule has 15 heavy (non-hydrogen) atoms. The third-order valence-corrected chi connectivity index (χ3v) is 2.87. The molecule has 1 heterocycles. The Balaban J connectivity index is 2.41. The number of nitrogens with zero attached hydrogens (tertiary/aromatic N) is 2. The van der Waals surface area contributed by atoms with Gasteiger partial charge in [0.15, 0.2) is 0 Å². The first-order chi connectivity index (χ1) is 7.16. The molecule has 0 aliphatic carbocycles. The largest absolute Gasteiger partial charge is 0.476 e. The van der Waals surface area contributed by atoms with Gasteiger partial charge in [-0.1, -0.05) is 35.1 Å². The standard InChI is InChI=1S/C9H5ClN2O2S/c10-6-3-1-2-5(4-6)7-11-12-8(15-7)9(13)14/h1-4H,(H,13,14). The summed E-state index contributed by atoms with van der Waals surface area (Å²) in [5, 5.41) is 17.1.